The highest BCUT2D eigenvalue weighted by Gasteiger charge is 2.50. The van der Waals surface area contributed by atoms with E-state index in [1.807, 2.05) is 30.3 Å². The summed E-state index contributed by atoms with van der Waals surface area (Å²) >= 11 is 1.60. The van der Waals surface area contributed by atoms with Crippen LogP contribution in [0.5, 0.6) is 5.75 Å². The summed E-state index contributed by atoms with van der Waals surface area (Å²) in [6.45, 7) is 10.5. The van der Waals surface area contributed by atoms with Crippen LogP contribution in [0.4, 0.5) is 0 Å². The van der Waals surface area contributed by atoms with Gasteiger partial charge in [-0.2, -0.15) is 4.31 Å². The highest BCUT2D eigenvalue weighted by atomic mass is 32.2. The van der Waals surface area contributed by atoms with Gasteiger partial charge in [0, 0.05) is 37.5 Å². The van der Waals surface area contributed by atoms with E-state index in [9.17, 15) is 18.3 Å². The molecule has 0 spiro atoms. The minimum absolute atomic E-state index is 0.00112. The first-order valence-corrected chi connectivity index (χ1v) is 24.7. The van der Waals surface area contributed by atoms with Crippen molar-refractivity contribution < 1.29 is 37.3 Å². The van der Waals surface area contributed by atoms with Gasteiger partial charge in [-0.05, 0) is 131 Å². The molecule has 0 radical (unpaired) electrons. The van der Waals surface area contributed by atoms with Crippen LogP contribution in [-0.2, 0) is 41.9 Å². The Balaban J connectivity index is 0.968. The van der Waals surface area contributed by atoms with Crippen molar-refractivity contribution in [1.29, 1.82) is 0 Å². The van der Waals surface area contributed by atoms with Gasteiger partial charge in [-0.1, -0.05) is 32.9 Å². The van der Waals surface area contributed by atoms with E-state index in [2.05, 4.69) is 31.0 Å². The lowest BCUT2D eigenvalue weighted by Crippen LogP contribution is -2.45. The molecule has 4 heterocycles. The zero-order valence-electron chi connectivity index (χ0n) is 35.9. The van der Waals surface area contributed by atoms with E-state index in [-0.39, 0.29) is 48.4 Å². The van der Waals surface area contributed by atoms with Gasteiger partial charge in [-0.25, -0.2) is 13.4 Å². The molecular weight excluding hydrogens is 801 g/mol. The average Bonchev–Trinajstić information content (AvgIpc) is 3.76. The van der Waals surface area contributed by atoms with E-state index in [1.165, 1.54) is 55.9 Å². The molecule has 0 amide bonds. The zero-order chi connectivity index (χ0) is 42.0. The molecule has 2 aromatic carbocycles. The van der Waals surface area contributed by atoms with E-state index in [1.54, 1.807) is 30.6 Å². The van der Waals surface area contributed by atoms with Crippen LogP contribution in [0, 0.1) is 29.1 Å². The molecule has 3 saturated heterocycles. The first-order valence-electron chi connectivity index (χ1n) is 22.5. The molecule has 2 aliphatic carbocycles. The number of ether oxygens (including phenoxy) is 4. The lowest BCUT2D eigenvalue weighted by Gasteiger charge is -2.34. The number of fused-ring (bicyclic) bond motifs is 2. The topological polar surface area (TPSA) is 140 Å². The van der Waals surface area contributed by atoms with Crippen LogP contribution in [0.3, 0.4) is 0 Å². The fourth-order valence-electron chi connectivity index (χ4n) is 9.86. The molecule has 12 nitrogen and oxygen atoms in total. The lowest BCUT2D eigenvalue weighted by molar-refractivity contribution is -0.153. The van der Waals surface area contributed by atoms with E-state index >= 15 is 0 Å². The third-order valence-electron chi connectivity index (χ3n) is 13.8. The Labute approximate surface area is 360 Å². The summed E-state index contributed by atoms with van der Waals surface area (Å²) in [5.74, 6) is 0.544. The number of rotatable bonds is 19. The second kappa shape index (κ2) is 19.0. The number of carbonyl (C=O) groups excluding carboxylic acids is 1. The van der Waals surface area contributed by atoms with E-state index in [4.69, 9.17) is 23.9 Å². The first kappa shape index (κ1) is 43.9. The van der Waals surface area contributed by atoms with Gasteiger partial charge in [0.05, 0.1) is 58.9 Å². The number of nitrogens with zero attached hydrogens (tertiary/aromatic N) is 3. The van der Waals surface area contributed by atoms with Crippen molar-refractivity contribution in [2.24, 2.45) is 29.1 Å². The Morgan fingerprint density at radius 1 is 1.07 bits per heavy atom. The van der Waals surface area contributed by atoms with Gasteiger partial charge in [0.1, 0.15) is 11.9 Å². The van der Waals surface area contributed by atoms with Gasteiger partial charge in [-0.15, -0.1) is 11.3 Å². The molecule has 5 aliphatic rings. The number of aliphatic hydroxyl groups excluding tert-OH is 1. The smallest absolute Gasteiger partial charge is 0.306 e. The molecule has 60 heavy (non-hydrogen) atoms. The van der Waals surface area contributed by atoms with E-state index in [0.717, 1.165) is 52.6 Å². The normalized spacial score (nSPS) is 27.7. The number of aliphatic hydroxyl groups is 1. The van der Waals surface area contributed by atoms with Crippen LogP contribution in [0.15, 0.2) is 47.4 Å². The number of thiazole rings is 1. The first-order chi connectivity index (χ1) is 28.9. The summed E-state index contributed by atoms with van der Waals surface area (Å²) in [6.07, 6.45) is 8.52. The van der Waals surface area contributed by atoms with Crippen LogP contribution in [-0.4, -0.2) is 117 Å². The zero-order valence-corrected chi connectivity index (χ0v) is 37.6. The molecule has 2 N–H and O–H groups in total. The van der Waals surface area contributed by atoms with Crippen molar-refractivity contribution >= 4 is 37.5 Å². The Bertz CT molecular complexity index is 2010. The number of esters is 1. The Morgan fingerprint density at radius 2 is 1.80 bits per heavy atom. The fraction of sp³-hybridized carbons (Fsp3) is 0.696. The third kappa shape index (κ3) is 10.6. The van der Waals surface area contributed by atoms with Gasteiger partial charge in [-0.3, -0.25) is 4.79 Å². The number of likely N-dealkylation sites (tertiary alicyclic amines) is 1. The average molecular weight is 867 g/mol. The van der Waals surface area contributed by atoms with Crippen molar-refractivity contribution in [3.05, 3.63) is 53.0 Å². The largest absolute Gasteiger partial charge is 0.497 e. The molecule has 0 bridgehead atoms. The number of hydrogen-bond acceptors (Lipinski definition) is 12. The molecule has 5 fully saturated rings. The molecule has 6 atom stereocenters. The molecule has 3 aliphatic heterocycles. The minimum atomic E-state index is -4.03. The molecule has 2 saturated carbocycles. The number of nitrogens with one attached hydrogen (secondary N) is 1. The number of aromatic nitrogens is 1. The molecule has 14 heteroatoms. The predicted molar refractivity (Wildman–Crippen MR) is 232 cm³/mol. The van der Waals surface area contributed by atoms with Crippen LogP contribution in [0.25, 0.3) is 10.2 Å². The quantitative estimate of drug-likeness (QED) is 0.129. The maximum Gasteiger partial charge on any atom is 0.306 e. The summed E-state index contributed by atoms with van der Waals surface area (Å²) in [7, 11) is -2.42. The summed E-state index contributed by atoms with van der Waals surface area (Å²) in [6, 6.07) is 13.5. The molecule has 330 valence electrons. The SMILES string of the molecule is COc1ccc(C[C@H](CC(=O)O[C@H]2CO[C@H]3OC[C@H](NCC(C)C)[C@H]32)[C@H](O)CN(CC2(C)CC2)S(=O)(=O)c2ccc3nc(CC4CCC(N5CCCC5)CC4)sc3c2)cc1. The van der Waals surface area contributed by atoms with Crippen molar-refractivity contribution in [1.82, 2.24) is 19.5 Å². The fourth-order valence-corrected chi connectivity index (χ4v) is 12.7. The highest BCUT2D eigenvalue weighted by Crippen LogP contribution is 2.46. The summed E-state index contributed by atoms with van der Waals surface area (Å²) < 4.78 is 54.9. The van der Waals surface area contributed by atoms with Gasteiger partial charge in [0.2, 0.25) is 10.0 Å². The van der Waals surface area contributed by atoms with Crippen molar-refractivity contribution in [3.63, 3.8) is 0 Å². The maximum absolute atomic E-state index is 14.7. The molecule has 8 rings (SSSR count). The van der Waals surface area contributed by atoms with Gasteiger partial charge in [0.15, 0.2) is 6.29 Å². The van der Waals surface area contributed by atoms with Crippen LogP contribution >= 0.6 is 11.3 Å². The van der Waals surface area contributed by atoms with Gasteiger partial charge < -0.3 is 34.3 Å². The standard InChI is InChI=1S/C46H66N4O8S2/c1-30(2)25-47-38-27-56-45-44(38)40(28-57-45)58-43(52)23-33(21-31-9-13-35(55-4)14-10-31)39(51)26-50(29-46(3)17-18-46)60(53,54)36-15-16-37-41(24-36)59-42(48-37)22-32-7-11-34(12-8-32)49-19-5-6-20-49/h9-10,13-16,24,30,32-34,38-40,44-45,47,51H,5-8,11-12,17-23,25-29H2,1-4H3/t32?,33-,34?,38+,39-,40+,44+,45-/m1/s1. The maximum atomic E-state index is 14.7. The van der Waals surface area contributed by atoms with E-state index in [0.29, 0.717) is 30.6 Å². The summed E-state index contributed by atoms with van der Waals surface area (Å²) in [4.78, 5) is 21.7. The van der Waals surface area contributed by atoms with Crippen LogP contribution in [0.2, 0.25) is 0 Å². The number of benzene rings is 2. The van der Waals surface area contributed by atoms with Crippen LogP contribution < -0.4 is 10.1 Å². The van der Waals surface area contributed by atoms with Gasteiger partial charge >= 0.3 is 5.97 Å². The van der Waals surface area contributed by atoms with Crippen molar-refractivity contribution in [2.45, 2.75) is 127 Å². The highest BCUT2D eigenvalue weighted by molar-refractivity contribution is 7.89. The lowest BCUT2D eigenvalue weighted by atomic mass is 9.83. The number of methoxy groups -OCH3 is 1. The Kier molecular flexibility index (Phi) is 13.9. The van der Waals surface area contributed by atoms with E-state index < -0.39 is 40.4 Å². The molecule has 3 aromatic rings. The molecular formula is C46H66N4O8S2. The van der Waals surface area contributed by atoms with Crippen molar-refractivity contribution in [2.75, 3.05) is 53.0 Å². The Morgan fingerprint density at radius 3 is 2.50 bits per heavy atom. The predicted octanol–water partition coefficient (Wildman–Crippen LogP) is 6.43. The van der Waals surface area contributed by atoms with Gasteiger partial charge in [0.25, 0.3) is 0 Å². The molecule has 1 aromatic heterocycles. The molecule has 0 unspecified atom stereocenters. The Hall–Kier alpha value is -2.69. The number of hydrogen-bond donors (Lipinski definition) is 2. The number of sulfonamides is 1. The summed E-state index contributed by atoms with van der Waals surface area (Å²) in [5, 5.41) is 16.7. The summed E-state index contributed by atoms with van der Waals surface area (Å²) in [5.41, 5.74) is 1.55. The number of carbonyl (C=O) groups is 1. The minimum Gasteiger partial charge on any atom is -0.497 e. The van der Waals surface area contributed by atoms with Crippen LogP contribution in [0.1, 0.15) is 89.1 Å². The third-order valence-corrected chi connectivity index (χ3v) is 16.7. The second-order valence-corrected chi connectivity index (χ2v) is 22.2. The second-order valence-electron chi connectivity index (χ2n) is 19.1. The van der Waals surface area contributed by atoms with Crippen molar-refractivity contribution in [3.8, 4) is 5.75 Å². The monoisotopic (exact) mass is 866 g/mol.